The first-order valence-corrected chi connectivity index (χ1v) is 7.38. The van der Waals surface area contributed by atoms with Gasteiger partial charge in [-0.3, -0.25) is 0 Å². The summed E-state index contributed by atoms with van der Waals surface area (Å²) in [5.41, 5.74) is 2.76. The fourth-order valence-electron chi connectivity index (χ4n) is 2.52. The number of benzene rings is 1. The molecule has 3 heteroatoms. The van der Waals surface area contributed by atoms with Gasteiger partial charge in [-0.25, -0.2) is 0 Å². The molecule has 1 fully saturated rings. The summed E-state index contributed by atoms with van der Waals surface area (Å²) in [6, 6.07) is 8.86. The van der Waals surface area contributed by atoms with Crippen molar-refractivity contribution in [3.8, 4) is 0 Å². The molecule has 1 aliphatic heterocycles. The third-order valence-corrected chi connectivity index (χ3v) is 4.10. The van der Waals surface area contributed by atoms with Gasteiger partial charge < -0.3 is 14.8 Å². The lowest BCUT2D eigenvalue weighted by atomic mass is 9.87. The van der Waals surface area contributed by atoms with Gasteiger partial charge in [0.05, 0.1) is 6.61 Å². The van der Waals surface area contributed by atoms with Crippen molar-refractivity contribution in [1.82, 2.24) is 5.32 Å². The Labute approximate surface area is 122 Å². The molecule has 1 N–H and O–H groups in total. The van der Waals surface area contributed by atoms with E-state index in [0.717, 1.165) is 26.1 Å². The average molecular weight is 277 g/mol. The van der Waals surface area contributed by atoms with Crippen LogP contribution in [0.1, 0.15) is 38.3 Å². The summed E-state index contributed by atoms with van der Waals surface area (Å²) in [4.78, 5) is 0. The first kappa shape index (κ1) is 15.5. The molecule has 0 radical (unpaired) electrons. The monoisotopic (exact) mass is 277 g/mol. The second-order valence-corrected chi connectivity index (χ2v) is 6.74. The molecule has 1 unspecified atom stereocenters. The van der Waals surface area contributed by atoms with Gasteiger partial charge in [-0.1, -0.05) is 45.0 Å². The van der Waals surface area contributed by atoms with Crippen molar-refractivity contribution in [2.45, 2.75) is 44.8 Å². The molecule has 0 spiro atoms. The summed E-state index contributed by atoms with van der Waals surface area (Å²) in [6.07, 6.45) is 0.972. The number of hydrogen-bond donors (Lipinski definition) is 1. The Morgan fingerprint density at radius 3 is 2.45 bits per heavy atom. The van der Waals surface area contributed by atoms with Crippen molar-refractivity contribution in [2.24, 2.45) is 0 Å². The van der Waals surface area contributed by atoms with Crippen molar-refractivity contribution in [2.75, 3.05) is 26.9 Å². The van der Waals surface area contributed by atoms with E-state index in [1.807, 2.05) is 0 Å². The number of ether oxygens (including phenoxy) is 2. The fraction of sp³-hybridized carbons (Fsp3) is 0.647. The molecule has 3 nitrogen and oxygen atoms in total. The zero-order valence-electron chi connectivity index (χ0n) is 13.2. The van der Waals surface area contributed by atoms with E-state index in [2.05, 4.69) is 50.4 Å². The highest BCUT2D eigenvalue weighted by molar-refractivity contribution is 5.27. The van der Waals surface area contributed by atoms with E-state index in [1.165, 1.54) is 11.1 Å². The van der Waals surface area contributed by atoms with Crippen LogP contribution in [0.4, 0.5) is 0 Å². The first-order chi connectivity index (χ1) is 9.45. The van der Waals surface area contributed by atoms with Crippen molar-refractivity contribution >= 4 is 0 Å². The Balaban J connectivity index is 1.85. The molecule has 0 aromatic heterocycles. The van der Waals surface area contributed by atoms with E-state index in [4.69, 9.17) is 9.47 Å². The van der Waals surface area contributed by atoms with Crippen molar-refractivity contribution < 1.29 is 9.47 Å². The number of rotatable bonds is 5. The van der Waals surface area contributed by atoms with E-state index in [0.29, 0.717) is 6.61 Å². The molecule has 1 aromatic rings. The van der Waals surface area contributed by atoms with Crippen LogP contribution >= 0.6 is 0 Å². The normalized spacial score (nSPS) is 23.2. The van der Waals surface area contributed by atoms with Crippen LogP contribution in [0.25, 0.3) is 0 Å². The van der Waals surface area contributed by atoms with E-state index in [9.17, 15) is 0 Å². The summed E-state index contributed by atoms with van der Waals surface area (Å²) in [5.74, 6) is 0. The van der Waals surface area contributed by atoms with Crippen LogP contribution < -0.4 is 5.32 Å². The molecule has 0 aliphatic carbocycles. The molecule has 112 valence electrons. The minimum Gasteiger partial charge on any atom is -0.378 e. The van der Waals surface area contributed by atoms with Gasteiger partial charge in [-0.15, -0.1) is 0 Å². The molecule has 1 aliphatic rings. The van der Waals surface area contributed by atoms with Crippen molar-refractivity contribution in [1.29, 1.82) is 0 Å². The lowest BCUT2D eigenvalue weighted by molar-refractivity contribution is -0.0159. The van der Waals surface area contributed by atoms with Gasteiger partial charge >= 0.3 is 0 Å². The van der Waals surface area contributed by atoms with Gasteiger partial charge in [0.1, 0.15) is 5.60 Å². The van der Waals surface area contributed by atoms with Gasteiger partial charge in [0.25, 0.3) is 0 Å². The van der Waals surface area contributed by atoms with Gasteiger partial charge in [0.15, 0.2) is 0 Å². The summed E-state index contributed by atoms with van der Waals surface area (Å²) >= 11 is 0. The molecule has 0 bridgehead atoms. The Hall–Kier alpha value is -0.900. The molecule has 0 amide bonds. The highest BCUT2D eigenvalue weighted by atomic mass is 16.5. The summed E-state index contributed by atoms with van der Waals surface area (Å²) in [6.45, 7) is 9.92. The van der Waals surface area contributed by atoms with Gasteiger partial charge in [-0.2, -0.15) is 0 Å². The van der Waals surface area contributed by atoms with E-state index in [-0.39, 0.29) is 11.0 Å². The molecule has 1 aromatic carbocycles. The molecule has 1 saturated heterocycles. The maximum atomic E-state index is 5.61. The quantitative estimate of drug-likeness (QED) is 0.897. The summed E-state index contributed by atoms with van der Waals surface area (Å²) in [5, 5.41) is 3.49. The largest absolute Gasteiger partial charge is 0.378 e. The fourth-order valence-corrected chi connectivity index (χ4v) is 2.52. The maximum Gasteiger partial charge on any atom is 0.106 e. The Morgan fingerprint density at radius 2 is 1.95 bits per heavy atom. The molecular weight excluding hydrogens is 250 g/mol. The molecule has 2 rings (SSSR count). The van der Waals surface area contributed by atoms with Crippen LogP contribution in [0, 0.1) is 0 Å². The van der Waals surface area contributed by atoms with Gasteiger partial charge in [0, 0.05) is 33.2 Å². The SMILES string of the molecule is COC1(CNCc2ccc(C(C)(C)C)cc2)CCOC1. The molecule has 0 saturated carbocycles. The standard InChI is InChI=1S/C17H27NO2/c1-16(2,3)15-7-5-14(6-8-15)11-18-12-17(19-4)9-10-20-13-17/h5-8,18H,9-13H2,1-4H3. The highest BCUT2D eigenvalue weighted by Gasteiger charge is 2.34. The second kappa shape index (κ2) is 6.25. The average Bonchev–Trinajstić information content (AvgIpc) is 2.88. The molecule has 1 heterocycles. The van der Waals surface area contributed by atoms with Crippen molar-refractivity contribution in [3.05, 3.63) is 35.4 Å². The van der Waals surface area contributed by atoms with Gasteiger partial charge in [-0.05, 0) is 16.5 Å². The summed E-state index contributed by atoms with van der Waals surface area (Å²) < 4.78 is 11.1. The smallest absolute Gasteiger partial charge is 0.106 e. The minimum atomic E-state index is -0.134. The number of hydrogen-bond acceptors (Lipinski definition) is 3. The Kier molecular flexibility index (Phi) is 4.84. The zero-order valence-corrected chi connectivity index (χ0v) is 13.2. The molecule has 20 heavy (non-hydrogen) atoms. The van der Waals surface area contributed by atoms with Crippen LogP contribution in [0.15, 0.2) is 24.3 Å². The topological polar surface area (TPSA) is 30.5 Å². The van der Waals surface area contributed by atoms with E-state index < -0.39 is 0 Å². The maximum absolute atomic E-state index is 5.61. The van der Waals surface area contributed by atoms with Crippen LogP contribution in [0.3, 0.4) is 0 Å². The molecular formula is C17H27NO2. The van der Waals surface area contributed by atoms with Crippen molar-refractivity contribution in [3.63, 3.8) is 0 Å². The van der Waals surface area contributed by atoms with Gasteiger partial charge in [0.2, 0.25) is 0 Å². The zero-order chi connectivity index (χ0) is 14.6. The third-order valence-electron chi connectivity index (χ3n) is 4.10. The van der Waals surface area contributed by atoms with Crippen LogP contribution in [0.2, 0.25) is 0 Å². The number of nitrogens with one attached hydrogen (secondary N) is 1. The van der Waals surface area contributed by atoms with Crippen LogP contribution in [-0.4, -0.2) is 32.5 Å². The molecule has 1 atom stereocenters. The lowest BCUT2D eigenvalue weighted by Crippen LogP contribution is -2.42. The predicted octanol–water partition coefficient (Wildman–Crippen LogP) is 2.88. The highest BCUT2D eigenvalue weighted by Crippen LogP contribution is 2.23. The van der Waals surface area contributed by atoms with E-state index in [1.54, 1.807) is 7.11 Å². The van der Waals surface area contributed by atoms with Crippen LogP contribution in [0.5, 0.6) is 0 Å². The predicted molar refractivity (Wildman–Crippen MR) is 82.0 cm³/mol. The third kappa shape index (κ3) is 3.81. The van der Waals surface area contributed by atoms with E-state index >= 15 is 0 Å². The second-order valence-electron chi connectivity index (χ2n) is 6.74. The Bertz CT molecular complexity index is 414. The summed E-state index contributed by atoms with van der Waals surface area (Å²) in [7, 11) is 1.77. The Morgan fingerprint density at radius 1 is 1.25 bits per heavy atom. The van der Waals surface area contributed by atoms with Crippen LogP contribution in [-0.2, 0) is 21.4 Å². The lowest BCUT2D eigenvalue weighted by Gasteiger charge is -2.26. The minimum absolute atomic E-state index is 0.134. The number of methoxy groups -OCH3 is 1. The first-order valence-electron chi connectivity index (χ1n) is 7.38.